The Hall–Kier alpha value is -3.28. The summed E-state index contributed by atoms with van der Waals surface area (Å²) < 4.78 is 35.2. The van der Waals surface area contributed by atoms with E-state index in [1.807, 2.05) is 6.26 Å². The molecule has 164 valence electrons. The zero-order chi connectivity index (χ0) is 22.5. The minimum Gasteiger partial charge on any atom is -0.455 e. The van der Waals surface area contributed by atoms with E-state index in [2.05, 4.69) is 25.1 Å². The summed E-state index contributed by atoms with van der Waals surface area (Å²) in [5.74, 6) is -0.763. The molecule has 0 atom stereocenters. The lowest BCUT2D eigenvalue weighted by molar-refractivity contribution is -0.146. The van der Waals surface area contributed by atoms with Gasteiger partial charge in [0.1, 0.15) is 5.75 Å². The average molecular weight is 451 g/mol. The van der Waals surface area contributed by atoms with Crippen LogP contribution < -0.4 is 10.1 Å². The lowest BCUT2D eigenvalue weighted by Gasteiger charge is -2.11. The van der Waals surface area contributed by atoms with E-state index in [-0.39, 0.29) is 12.2 Å². The van der Waals surface area contributed by atoms with E-state index in [0.717, 1.165) is 0 Å². The lowest BCUT2D eigenvalue weighted by atomic mass is 10.1. The molecule has 0 saturated carbocycles. The van der Waals surface area contributed by atoms with Gasteiger partial charge in [-0.25, -0.2) is 9.50 Å². The molecule has 1 N–H and O–H groups in total. The van der Waals surface area contributed by atoms with Gasteiger partial charge in [0, 0.05) is 22.6 Å². The minimum absolute atomic E-state index is 0.0345. The summed E-state index contributed by atoms with van der Waals surface area (Å²) in [7, 11) is 0. The van der Waals surface area contributed by atoms with Gasteiger partial charge < -0.3 is 14.8 Å². The number of hydrogen-bond donors (Lipinski definition) is 1. The second kappa shape index (κ2) is 9.69. The van der Waals surface area contributed by atoms with Gasteiger partial charge in [-0.15, -0.1) is 5.10 Å². The van der Waals surface area contributed by atoms with E-state index < -0.39 is 25.1 Å². The summed E-state index contributed by atoms with van der Waals surface area (Å²) in [5.41, 5.74) is 2.32. The zero-order valence-electron chi connectivity index (χ0n) is 16.9. The van der Waals surface area contributed by atoms with Gasteiger partial charge in [0.05, 0.1) is 6.42 Å². The smallest absolute Gasteiger partial charge is 0.387 e. The predicted octanol–water partition coefficient (Wildman–Crippen LogP) is 2.79. The molecule has 3 rings (SSSR count). The van der Waals surface area contributed by atoms with Crippen molar-refractivity contribution in [1.82, 2.24) is 19.6 Å². The summed E-state index contributed by atoms with van der Waals surface area (Å²) in [5, 5.41) is 7.39. The number of nitrogens with one attached hydrogen (secondary N) is 1. The van der Waals surface area contributed by atoms with E-state index >= 15 is 0 Å². The van der Waals surface area contributed by atoms with Crippen molar-refractivity contribution >= 4 is 35.1 Å². The summed E-state index contributed by atoms with van der Waals surface area (Å²) in [6.45, 7) is 0.135. The van der Waals surface area contributed by atoms with Crippen LogP contribution in [0.1, 0.15) is 17.0 Å². The molecule has 0 spiro atoms. The third kappa shape index (κ3) is 5.66. The molecule has 0 fully saturated rings. The Kier molecular flexibility index (Phi) is 7.00. The van der Waals surface area contributed by atoms with Gasteiger partial charge in [0.25, 0.3) is 11.7 Å². The van der Waals surface area contributed by atoms with Crippen LogP contribution in [0.2, 0.25) is 0 Å². The number of nitrogens with zero attached hydrogens (tertiary/aromatic N) is 4. The first-order chi connectivity index (χ1) is 14.8. The van der Waals surface area contributed by atoms with Gasteiger partial charge in [0.15, 0.2) is 6.61 Å². The van der Waals surface area contributed by atoms with Gasteiger partial charge >= 0.3 is 12.6 Å². The third-order valence-corrected chi connectivity index (χ3v) is 4.80. The molecule has 31 heavy (non-hydrogen) atoms. The van der Waals surface area contributed by atoms with Crippen LogP contribution in [0.4, 0.5) is 14.5 Å². The predicted molar refractivity (Wildman–Crippen MR) is 108 cm³/mol. The minimum atomic E-state index is -2.93. The molecule has 9 nitrogen and oxygen atoms in total. The first kappa shape index (κ1) is 22.4. The molecule has 1 amide bonds. The average Bonchev–Trinajstić information content (AvgIpc) is 3.14. The van der Waals surface area contributed by atoms with Crippen LogP contribution in [0.25, 0.3) is 5.78 Å². The van der Waals surface area contributed by atoms with Crippen molar-refractivity contribution in [2.75, 3.05) is 18.2 Å². The number of carbonyl (C=O) groups is 2. The van der Waals surface area contributed by atoms with Crippen molar-refractivity contribution in [3.8, 4) is 5.75 Å². The Labute approximate surface area is 180 Å². The van der Waals surface area contributed by atoms with Crippen LogP contribution in [0.15, 0.2) is 29.4 Å². The lowest BCUT2D eigenvalue weighted by Crippen LogP contribution is -2.22. The maximum atomic E-state index is 12.3. The fourth-order valence-corrected chi connectivity index (χ4v) is 3.13. The number of amides is 1. The maximum absolute atomic E-state index is 12.3. The number of ether oxygens (including phenoxy) is 2. The Bertz CT molecular complexity index is 1100. The van der Waals surface area contributed by atoms with Gasteiger partial charge in [-0.05, 0) is 44.4 Å². The standard InChI is InChI=1S/C19H19F2N5O4S/c1-10-14(11(2)26-18(22-10)24-19(25-26)31-3)8-16(28)29-9-15(27)23-12-4-6-13(7-5-12)30-17(20)21/h4-7,17H,8-9H2,1-3H3,(H,23,27). The summed E-state index contributed by atoms with van der Waals surface area (Å²) in [4.78, 5) is 32.9. The highest BCUT2D eigenvalue weighted by Gasteiger charge is 2.17. The van der Waals surface area contributed by atoms with Crippen LogP contribution in [0.3, 0.4) is 0 Å². The Morgan fingerprint density at radius 1 is 1.19 bits per heavy atom. The highest BCUT2D eigenvalue weighted by atomic mass is 32.2. The molecule has 1 aromatic carbocycles. The van der Waals surface area contributed by atoms with Gasteiger partial charge in [-0.1, -0.05) is 11.8 Å². The molecule has 0 saturated heterocycles. The molecule has 2 heterocycles. The monoisotopic (exact) mass is 451 g/mol. The number of thioether (sulfide) groups is 1. The molecule has 12 heteroatoms. The van der Waals surface area contributed by atoms with E-state index in [1.54, 1.807) is 18.4 Å². The van der Waals surface area contributed by atoms with E-state index in [1.165, 1.54) is 36.0 Å². The number of fused-ring (bicyclic) bond motifs is 1. The Morgan fingerprint density at radius 3 is 2.55 bits per heavy atom. The molecule has 2 aromatic heterocycles. The molecule has 0 radical (unpaired) electrons. The molecular weight excluding hydrogens is 432 g/mol. The Morgan fingerprint density at radius 2 is 1.90 bits per heavy atom. The summed E-state index contributed by atoms with van der Waals surface area (Å²) in [6.07, 6.45) is 1.77. The number of benzene rings is 1. The summed E-state index contributed by atoms with van der Waals surface area (Å²) in [6, 6.07) is 5.36. The fraction of sp³-hybridized carbons (Fsp3) is 0.316. The second-order valence-electron chi connectivity index (χ2n) is 6.36. The van der Waals surface area contributed by atoms with Crippen molar-refractivity contribution in [2.45, 2.75) is 32.0 Å². The van der Waals surface area contributed by atoms with Crippen molar-refractivity contribution in [3.63, 3.8) is 0 Å². The van der Waals surface area contributed by atoms with Crippen LogP contribution in [-0.4, -0.2) is 50.9 Å². The maximum Gasteiger partial charge on any atom is 0.387 e. The van der Waals surface area contributed by atoms with Crippen molar-refractivity contribution < 1.29 is 27.8 Å². The molecule has 0 aliphatic heterocycles. The van der Waals surface area contributed by atoms with Crippen LogP contribution in [0, 0.1) is 13.8 Å². The number of hydrogen-bond acceptors (Lipinski definition) is 8. The number of halogens is 2. The fourth-order valence-electron chi connectivity index (χ4n) is 2.79. The number of rotatable bonds is 8. The normalized spacial score (nSPS) is 11.0. The molecule has 0 unspecified atom stereocenters. The van der Waals surface area contributed by atoms with Crippen molar-refractivity contribution in [1.29, 1.82) is 0 Å². The first-order valence-corrected chi connectivity index (χ1v) is 10.3. The number of aryl methyl sites for hydroxylation is 2. The highest BCUT2D eigenvalue weighted by molar-refractivity contribution is 7.98. The highest BCUT2D eigenvalue weighted by Crippen LogP contribution is 2.19. The van der Waals surface area contributed by atoms with Gasteiger partial charge in [-0.2, -0.15) is 13.8 Å². The molecule has 0 aliphatic rings. The largest absolute Gasteiger partial charge is 0.455 e. The number of esters is 1. The third-order valence-electron chi connectivity index (χ3n) is 4.26. The number of alkyl halides is 2. The number of aromatic nitrogens is 4. The first-order valence-electron chi connectivity index (χ1n) is 9.04. The quantitative estimate of drug-likeness (QED) is 0.412. The van der Waals surface area contributed by atoms with Gasteiger partial charge in [-0.3, -0.25) is 9.59 Å². The van der Waals surface area contributed by atoms with E-state index in [0.29, 0.717) is 33.6 Å². The van der Waals surface area contributed by atoms with E-state index in [9.17, 15) is 18.4 Å². The van der Waals surface area contributed by atoms with Crippen molar-refractivity contribution in [3.05, 3.63) is 41.2 Å². The van der Waals surface area contributed by atoms with Crippen LogP contribution >= 0.6 is 11.8 Å². The van der Waals surface area contributed by atoms with Crippen molar-refractivity contribution in [2.24, 2.45) is 0 Å². The SMILES string of the molecule is CSc1nc2nc(C)c(CC(=O)OCC(=O)Nc3ccc(OC(F)F)cc3)c(C)n2n1. The van der Waals surface area contributed by atoms with E-state index in [4.69, 9.17) is 4.74 Å². The second-order valence-corrected chi connectivity index (χ2v) is 7.13. The van der Waals surface area contributed by atoms with Crippen LogP contribution in [0.5, 0.6) is 5.75 Å². The summed E-state index contributed by atoms with van der Waals surface area (Å²) >= 11 is 1.38. The Balaban J connectivity index is 1.57. The molecule has 0 bridgehead atoms. The molecule has 3 aromatic rings. The topological polar surface area (TPSA) is 108 Å². The number of anilines is 1. The zero-order valence-corrected chi connectivity index (χ0v) is 17.7. The van der Waals surface area contributed by atoms with Crippen LogP contribution in [-0.2, 0) is 20.7 Å². The number of carbonyl (C=O) groups excluding carboxylic acids is 2. The molecular formula is C19H19F2N5O4S. The van der Waals surface area contributed by atoms with Gasteiger partial charge in [0.2, 0.25) is 5.16 Å². The molecule has 0 aliphatic carbocycles.